The monoisotopic (exact) mass is 347 g/mol. The van der Waals surface area contributed by atoms with Crippen molar-refractivity contribution >= 4 is 28.5 Å². The van der Waals surface area contributed by atoms with Crippen molar-refractivity contribution in [2.24, 2.45) is 10.9 Å². The number of carbonyl (C=O) groups excluding carboxylic acids is 1. The number of para-hydroxylation sites is 1. The molecule has 0 spiro atoms. The predicted octanol–water partition coefficient (Wildman–Crippen LogP) is 0.959. The Morgan fingerprint density at radius 1 is 1.21 bits per heavy atom. The molecule has 7 heteroatoms. The van der Waals surface area contributed by atoms with Crippen LogP contribution in [0.15, 0.2) is 35.3 Å². The van der Waals surface area contributed by atoms with Gasteiger partial charge in [-0.1, -0.05) is 30.0 Å². The average molecular weight is 347 g/mol. The molecule has 1 aromatic rings. The molecule has 0 aromatic heterocycles. The summed E-state index contributed by atoms with van der Waals surface area (Å²) in [6.07, 6.45) is 0.681. The molecular formula is C17H21N3O3S. The second-order valence-corrected chi connectivity index (χ2v) is 7.85. The van der Waals surface area contributed by atoms with Crippen LogP contribution in [0.1, 0.15) is 19.3 Å². The number of aliphatic hydroxyl groups is 2. The van der Waals surface area contributed by atoms with Gasteiger partial charge in [0, 0.05) is 17.0 Å². The number of nitrogens with one attached hydrogen (secondary N) is 2. The molecule has 0 unspecified atom stereocenters. The first kappa shape index (κ1) is 15.9. The van der Waals surface area contributed by atoms with Crippen LogP contribution in [-0.4, -0.2) is 50.8 Å². The van der Waals surface area contributed by atoms with E-state index in [9.17, 15) is 15.0 Å². The van der Waals surface area contributed by atoms with E-state index in [-0.39, 0.29) is 23.5 Å². The van der Waals surface area contributed by atoms with Crippen LogP contribution in [0.3, 0.4) is 0 Å². The van der Waals surface area contributed by atoms with Crippen molar-refractivity contribution in [2.75, 3.05) is 5.32 Å². The van der Waals surface area contributed by atoms with E-state index in [0.29, 0.717) is 6.04 Å². The molecule has 2 aliphatic carbocycles. The Hall–Kier alpha value is -1.57. The molecule has 1 aliphatic heterocycles. The van der Waals surface area contributed by atoms with Gasteiger partial charge >= 0.3 is 0 Å². The molecule has 0 radical (unpaired) electrons. The van der Waals surface area contributed by atoms with Gasteiger partial charge in [0.15, 0.2) is 5.17 Å². The molecule has 2 fully saturated rings. The minimum atomic E-state index is -0.928. The molecule has 1 heterocycles. The number of amidine groups is 1. The van der Waals surface area contributed by atoms with E-state index in [0.717, 1.165) is 23.7 Å². The van der Waals surface area contributed by atoms with E-state index in [1.165, 1.54) is 11.8 Å². The number of aliphatic imine (C=N–C) groups is 1. The number of carbonyl (C=O) groups is 1. The molecule has 6 nitrogen and oxygen atoms in total. The summed E-state index contributed by atoms with van der Waals surface area (Å²) < 4.78 is 0. The predicted molar refractivity (Wildman–Crippen MR) is 94.0 cm³/mol. The Morgan fingerprint density at radius 2 is 1.96 bits per heavy atom. The minimum Gasteiger partial charge on any atom is -0.390 e. The first-order valence-electron chi connectivity index (χ1n) is 8.35. The fraction of sp³-hybridized carbons (Fsp3) is 0.529. The normalized spacial score (nSPS) is 35.1. The first-order valence-corrected chi connectivity index (χ1v) is 9.23. The number of anilines is 1. The Balaban J connectivity index is 1.49. The Morgan fingerprint density at radius 3 is 2.67 bits per heavy atom. The standard InChI is InChI=1S/C17H21N3O3S/c21-12-8-11(16(23)18-9-4-2-1-3-5-9)15-13(14(12)22)20-17(24-15)19-10-6-7-10/h1-5,10-15,21-22H,6-8H2,(H,18,23)(H,19,20)/t11-,12+,13-,14-,15+/m0/s1. The zero-order valence-electron chi connectivity index (χ0n) is 13.1. The third kappa shape index (κ3) is 3.16. The number of benzene rings is 1. The largest absolute Gasteiger partial charge is 0.390 e. The van der Waals surface area contributed by atoms with E-state index in [1.54, 1.807) is 0 Å². The molecule has 5 atom stereocenters. The lowest BCUT2D eigenvalue weighted by molar-refractivity contribution is -0.124. The van der Waals surface area contributed by atoms with Crippen LogP contribution < -0.4 is 10.6 Å². The molecule has 128 valence electrons. The summed E-state index contributed by atoms with van der Waals surface area (Å²) in [7, 11) is 0. The molecule has 1 aromatic carbocycles. The van der Waals surface area contributed by atoms with E-state index >= 15 is 0 Å². The number of hydrogen-bond acceptors (Lipinski definition) is 6. The van der Waals surface area contributed by atoms with Crippen LogP contribution in [0, 0.1) is 5.92 Å². The molecule has 4 rings (SSSR count). The zero-order valence-corrected chi connectivity index (χ0v) is 13.9. The highest BCUT2D eigenvalue weighted by atomic mass is 32.2. The summed E-state index contributed by atoms with van der Waals surface area (Å²) in [4.78, 5) is 17.3. The molecular weight excluding hydrogens is 326 g/mol. The minimum absolute atomic E-state index is 0.127. The van der Waals surface area contributed by atoms with Gasteiger partial charge in [-0.25, -0.2) is 0 Å². The Kier molecular flexibility index (Phi) is 4.24. The number of hydrogen-bond donors (Lipinski definition) is 4. The summed E-state index contributed by atoms with van der Waals surface area (Å²) >= 11 is 1.52. The van der Waals surface area contributed by atoms with Crippen molar-refractivity contribution in [1.29, 1.82) is 0 Å². The third-order valence-electron chi connectivity index (χ3n) is 4.77. The van der Waals surface area contributed by atoms with E-state index in [2.05, 4.69) is 15.6 Å². The van der Waals surface area contributed by atoms with Crippen molar-refractivity contribution in [3.63, 3.8) is 0 Å². The van der Waals surface area contributed by atoms with Crippen LogP contribution >= 0.6 is 11.8 Å². The lowest BCUT2D eigenvalue weighted by atomic mass is 9.81. The SMILES string of the molecule is O=C(Nc1ccccc1)[C@H]1C[C@@H](O)[C@H](O)[C@@H]2N=C(NC3CC3)S[C@@H]21. The lowest BCUT2D eigenvalue weighted by Gasteiger charge is -2.37. The molecule has 0 bridgehead atoms. The summed E-state index contributed by atoms with van der Waals surface area (Å²) in [5.74, 6) is -0.515. The number of aliphatic hydroxyl groups excluding tert-OH is 2. The maximum absolute atomic E-state index is 12.7. The number of nitrogens with zero attached hydrogens (tertiary/aromatic N) is 1. The summed E-state index contributed by atoms with van der Waals surface area (Å²) in [5.41, 5.74) is 0.736. The van der Waals surface area contributed by atoms with Crippen LogP contribution in [-0.2, 0) is 4.79 Å². The molecule has 3 aliphatic rings. The topological polar surface area (TPSA) is 94.0 Å². The smallest absolute Gasteiger partial charge is 0.228 e. The summed E-state index contributed by atoms with van der Waals surface area (Å²) in [5, 5.41) is 27.3. The number of rotatable bonds is 3. The first-order chi connectivity index (χ1) is 11.6. The van der Waals surface area contributed by atoms with Gasteiger partial charge in [0.2, 0.25) is 5.91 Å². The summed E-state index contributed by atoms with van der Waals surface area (Å²) in [6.45, 7) is 0. The van der Waals surface area contributed by atoms with Gasteiger partial charge < -0.3 is 20.8 Å². The molecule has 0 saturated heterocycles. The van der Waals surface area contributed by atoms with Crippen LogP contribution in [0.2, 0.25) is 0 Å². The maximum atomic E-state index is 12.7. The second kappa shape index (κ2) is 6.38. The number of thioether (sulfide) groups is 1. The van der Waals surface area contributed by atoms with E-state index in [4.69, 9.17) is 0 Å². The van der Waals surface area contributed by atoms with Gasteiger partial charge in [0.05, 0.1) is 18.1 Å². The third-order valence-corrected chi connectivity index (χ3v) is 6.10. The number of fused-ring (bicyclic) bond motifs is 1. The fourth-order valence-corrected chi connectivity index (χ4v) is 4.71. The van der Waals surface area contributed by atoms with Crippen LogP contribution in [0.4, 0.5) is 5.69 Å². The fourth-order valence-electron chi connectivity index (χ4n) is 3.28. The van der Waals surface area contributed by atoms with Crippen molar-refractivity contribution in [1.82, 2.24) is 5.32 Å². The molecule has 24 heavy (non-hydrogen) atoms. The van der Waals surface area contributed by atoms with Crippen LogP contribution in [0.5, 0.6) is 0 Å². The highest BCUT2D eigenvalue weighted by molar-refractivity contribution is 8.14. The number of amides is 1. The second-order valence-electron chi connectivity index (χ2n) is 6.68. The van der Waals surface area contributed by atoms with Crippen molar-refractivity contribution in [3.8, 4) is 0 Å². The molecule has 1 amide bonds. The van der Waals surface area contributed by atoms with Crippen molar-refractivity contribution < 1.29 is 15.0 Å². The zero-order chi connectivity index (χ0) is 16.7. The quantitative estimate of drug-likeness (QED) is 0.653. The Bertz CT molecular complexity index is 650. The van der Waals surface area contributed by atoms with Gasteiger partial charge in [-0.05, 0) is 31.4 Å². The van der Waals surface area contributed by atoms with Crippen molar-refractivity contribution in [2.45, 2.75) is 48.8 Å². The lowest BCUT2D eigenvalue weighted by Crippen LogP contribution is -2.52. The van der Waals surface area contributed by atoms with Gasteiger partial charge in [-0.2, -0.15) is 0 Å². The average Bonchev–Trinajstić information content (AvgIpc) is 3.28. The van der Waals surface area contributed by atoms with Gasteiger partial charge in [0.1, 0.15) is 6.10 Å². The van der Waals surface area contributed by atoms with Crippen LogP contribution in [0.25, 0.3) is 0 Å². The van der Waals surface area contributed by atoms with E-state index in [1.807, 2.05) is 30.3 Å². The maximum Gasteiger partial charge on any atom is 0.228 e. The highest BCUT2D eigenvalue weighted by Gasteiger charge is 2.50. The molecule has 2 saturated carbocycles. The van der Waals surface area contributed by atoms with Gasteiger partial charge in [0.25, 0.3) is 0 Å². The van der Waals surface area contributed by atoms with E-state index < -0.39 is 18.2 Å². The Labute approximate surface area is 144 Å². The van der Waals surface area contributed by atoms with Crippen molar-refractivity contribution in [3.05, 3.63) is 30.3 Å². The van der Waals surface area contributed by atoms with Gasteiger partial charge in [-0.3, -0.25) is 9.79 Å². The summed E-state index contributed by atoms with van der Waals surface area (Å²) in [6, 6.07) is 9.32. The highest BCUT2D eigenvalue weighted by Crippen LogP contribution is 2.41. The molecule has 4 N–H and O–H groups in total. The van der Waals surface area contributed by atoms with Gasteiger partial charge in [-0.15, -0.1) is 0 Å².